The van der Waals surface area contributed by atoms with E-state index >= 15 is 0 Å². The Bertz CT molecular complexity index is 643. The molecule has 21 heavy (non-hydrogen) atoms. The summed E-state index contributed by atoms with van der Waals surface area (Å²) in [5.41, 5.74) is 2.66. The number of hydrogen-bond donors (Lipinski definition) is 1. The van der Waals surface area contributed by atoms with Crippen molar-refractivity contribution in [2.24, 2.45) is 0 Å². The molecule has 2 atom stereocenters. The molecule has 0 bridgehead atoms. The summed E-state index contributed by atoms with van der Waals surface area (Å²) in [6.07, 6.45) is 4.02. The van der Waals surface area contributed by atoms with Gasteiger partial charge in [0.2, 0.25) is 0 Å². The molecule has 0 unspecified atom stereocenters. The molecule has 2 aromatic rings. The van der Waals surface area contributed by atoms with Gasteiger partial charge in [-0.2, -0.15) is 0 Å². The Morgan fingerprint density at radius 2 is 2.29 bits per heavy atom. The minimum Gasteiger partial charge on any atom is -0.489 e. The molecule has 1 saturated carbocycles. The van der Waals surface area contributed by atoms with Crippen molar-refractivity contribution in [2.75, 3.05) is 0 Å². The average Bonchev–Trinajstić information content (AvgIpc) is 2.98. The number of aromatic nitrogens is 1. The number of thiophene rings is 1. The van der Waals surface area contributed by atoms with Crippen molar-refractivity contribution in [3.8, 4) is 16.3 Å². The fourth-order valence-electron chi connectivity index (χ4n) is 2.68. The zero-order valence-corrected chi connectivity index (χ0v) is 13.0. The van der Waals surface area contributed by atoms with E-state index in [1.165, 1.54) is 0 Å². The highest BCUT2D eigenvalue weighted by Crippen LogP contribution is 2.31. The first-order chi connectivity index (χ1) is 10.7. The molecule has 112 valence electrons. The Morgan fingerprint density at radius 3 is 3.05 bits per heavy atom. The van der Waals surface area contributed by atoms with Crippen molar-refractivity contribution < 1.29 is 11.2 Å². The summed E-state index contributed by atoms with van der Waals surface area (Å²) >= 11 is 1.59. The molecule has 3 rings (SSSR count). The molecule has 0 aliphatic heterocycles. The number of aliphatic hydroxyl groups excluding tert-OH is 1. The maximum Gasteiger partial charge on any atom is 0.140 e. The van der Waals surface area contributed by atoms with Crippen molar-refractivity contribution in [2.45, 2.75) is 51.7 Å². The number of pyridine rings is 1. The fraction of sp³-hybridized carbons (Fsp3) is 0.471. The summed E-state index contributed by atoms with van der Waals surface area (Å²) < 4.78 is 13.9. The molecule has 3 nitrogen and oxygen atoms in total. The van der Waals surface area contributed by atoms with Crippen molar-refractivity contribution >= 4 is 11.3 Å². The summed E-state index contributed by atoms with van der Waals surface area (Å²) in [5.74, 6) is 0.810. The zero-order chi connectivity index (χ0) is 15.5. The van der Waals surface area contributed by atoms with Gasteiger partial charge in [0.15, 0.2) is 0 Å². The van der Waals surface area contributed by atoms with Gasteiger partial charge >= 0.3 is 0 Å². The van der Waals surface area contributed by atoms with Crippen molar-refractivity contribution in [3.63, 3.8) is 0 Å². The first-order valence-corrected chi connectivity index (χ1v) is 8.29. The topological polar surface area (TPSA) is 42.4 Å². The van der Waals surface area contributed by atoms with Crippen LogP contribution < -0.4 is 4.74 Å². The second kappa shape index (κ2) is 6.58. The van der Waals surface area contributed by atoms with E-state index in [4.69, 9.17) is 6.11 Å². The van der Waals surface area contributed by atoms with Crippen LogP contribution in [0.5, 0.6) is 5.75 Å². The molecular formula is C17H21NO2S. The lowest BCUT2D eigenvalue weighted by Gasteiger charge is -2.23. The van der Waals surface area contributed by atoms with Crippen LogP contribution in [0.1, 0.15) is 44.7 Å². The van der Waals surface area contributed by atoms with E-state index in [1.807, 2.05) is 30.5 Å². The van der Waals surface area contributed by atoms with Crippen molar-refractivity contribution in [1.82, 2.24) is 4.98 Å². The normalized spacial score (nSPS) is 22.9. The van der Waals surface area contributed by atoms with Gasteiger partial charge < -0.3 is 9.84 Å². The van der Waals surface area contributed by atoms with Crippen molar-refractivity contribution in [3.05, 3.63) is 34.8 Å². The maximum atomic E-state index is 9.37. The number of nitrogens with zero attached hydrogens (tertiary/aromatic N) is 1. The summed E-state index contributed by atoms with van der Waals surface area (Å²) in [4.78, 5) is 5.65. The van der Waals surface area contributed by atoms with Crippen LogP contribution in [0.15, 0.2) is 23.6 Å². The molecule has 0 saturated heterocycles. The van der Waals surface area contributed by atoms with Crippen LogP contribution in [-0.4, -0.2) is 16.2 Å². The molecule has 2 heterocycles. The second-order valence-electron chi connectivity index (χ2n) is 5.41. The van der Waals surface area contributed by atoms with E-state index < -0.39 is 0 Å². The van der Waals surface area contributed by atoms with Gasteiger partial charge in [-0.1, -0.05) is 6.42 Å². The van der Waals surface area contributed by atoms with E-state index in [1.54, 1.807) is 11.3 Å². The molecule has 0 radical (unpaired) electrons. The zero-order valence-electron chi connectivity index (χ0n) is 13.2. The minimum absolute atomic E-state index is 0.00418. The Morgan fingerprint density at radius 1 is 1.38 bits per heavy atom. The Hall–Kier alpha value is -1.39. The first-order valence-electron chi connectivity index (χ1n) is 7.99. The van der Waals surface area contributed by atoms with Gasteiger partial charge in [0.1, 0.15) is 5.75 Å². The maximum absolute atomic E-state index is 9.37. The highest BCUT2D eigenvalue weighted by molar-refractivity contribution is 7.13. The monoisotopic (exact) mass is 304 g/mol. The van der Waals surface area contributed by atoms with Crippen molar-refractivity contribution in [1.29, 1.82) is 0 Å². The molecule has 1 aliphatic rings. The predicted molar refractivity (Wildman–Crippen MR) is 85.7 cm³/mol. The predicted octanol–water partition coefficient (Wildman–Crippen LogP) is 4.32. The number of hydrogen-bond acceptors (Lipinski definition) is 4. The minimum atomic E-state index is 0.00418. The summed E-state index contributed by atoms with van der Waals surface area (Å²) in [7, 11) is 0. The summed E-state index contributed by atoms with van der Waals surface area (Å²) in [6.45, 7) is 1.98. The molecule has 4 heteroatoms. The molecule has 2 aromatic heterocycles. The van der Waals surface area contributed by atoms with Crippen LogP contribution in [0.4, 0.5) is 0 Å². The van der Waals surface area contributed by atoms with Crippen LogP contribution in [0, 0.1) is 6.92 Å². The SMILES string of the molecule is [2H][C@H]1CCC[C@H](Oc2ccc(-c3sccc3CO)nc2C)C1. The van der Waals surface area contributed by atoms with Gasteiger partial charge in [-0.05, 0) is 61.7 Å². The third kappa shape index (κ3) is 3.27. The van der Waals surface area contributed by atoms with Crippen LogP contribution in [0.25, 0.3) is 10.6 Å². The van der Waals surface area contributed by atoms with Gasteiger partial charge in [-0.25, -0.2) is 4.98 Å². The molecule has 1 fully saturated rings. The number of aliphatic hydroxyl groups is 1. The lowest BCUT2D eigenvalue weighted by molar-refractivity contribution is 0.153. The first kappa shape index (κ1) is 13.3. The van der Waals surface area contributed by atoms with Gasteiger partial charge in [0, 0.05) is 1.37 Å². The van der Waals surface area contributed by atoms with Gasteiger partial charge in [-0.15, -0.1) is 11.3 Å². The Balaban J connectivity index is 1.77. The van der Waals surface area contributed by atoms with Crippen LogP contribution in [0.2, 0.25) is 0 Å². The van der Waals surface area contributed by atoms with Gasteiger partial charge in [0.05, 0.1) is 29.0 Å². The second-order valence-corrected chi connectivity index (χ2v) is 6.32. The molecule has 1 N–H and O–H groups in total. The Labute approximate surface area is 131 Å². The van der Waals surface area contributed by atoms with Crippen LogP contribution in [0.3, 0.4) is 0 Å². The molecular weight excluding hydrogens is 282 g/mol. The largest absolute Gasteiger partial charge is 0.489 e. The summed E-state index contributed by atoms with van der Waals surface area (Å²) in [6, 6.07) is 5.85. The number of ether oxygens (including phenoxy) is 1. The fourth-order valence-corrected chi connectivity index (χ4v) is 3.57. The highest BCUT2D eigenvalue weighted by atomic mass is 32.1. The Kier molecular flexibility index (Phi) is 4.16. The third-order valence-electron chi connectivity index (χ3n) is 3.84. The average molecular weight is 304 g/mol. The van der Waals surface area contributed by atoms with E-state index in [9.17, 15) is 5.11 Å². The van der Waals surface area contributed by atoms with Crippen LogP contribution >= 0.6 is 11.3 Å². The quantitative estimate of drug-likeness (QED) is 0.914. The third-order valence-corrected chi connectivity index (χ3v) is 4.82. The van der Waals surface area contributed by atoms with E-state index in [-0.39, 0.29) is 19.1 Å². The molecule has 0 aromatic carbocycles. The smallest absolute Gasteiger partial charge is 0.140 e. The van der Waals surface area contributed by atoms with Gasteiger partial charge in [-0.3, -0.25) is 0 Å². The van der Waals surface area contributed by atoms with E-state index in [0.29, 0.717) is 0 Å². The van der Waals surface area contributed by atoms with E-state index in [0.717, 1.165) is 53.3 Å². The number of aryl methyl sites for hydroxylation is 1. The standard InChI is InChI=1S/C17H21NO2S/c1-12-16(20-14-5-3-2-4-6-14)8-7-15(18-12)17-13(11-19)9-10-21-17/h7-10,14,19H,2-6,11H2,1H3/i3D/t3-,14+/m0/s1. The lowest BCUT2D eigenvalue weighted by atomic mass is 9.98. The lowest BCUT2D eigenvalue weighted by Crippen LogP contribution is -2.20. The van der Waals surface area contributed by atoms with E-state index in [2.05, 4.69) is 4.98 Å². The number of rotatable bonds is 4. The molecule has 0 amide bonds. The van der Waals surface area contributed by atoms with Crippen LogP contribution in [-0.2, 0) is 6.61 Å². The molecule has 0 spiro atoms. The molecule has 1 aliphatic carbocycles. The highest BCUT2D eigenvalue weighted by Gasteiger charge is 2.17. The van der Waals surface area contributed by atoms with Gasteiger partial charge in [0.25, 0.3) is 0 Å². The summed E-state index contributed by atoms with van der Waals surface area (Å²) in [5, 5.41) is 11.3.